The molecule has 2 rings (SSSR count). The van der Waals surface area contributed by atoms with E-state index in [0.717, 1.165) is 5.01 Å². The van der Waals surface area contributed by atoms with Crippen molar-refractivity contribution in [1.29, 1.82) is 0 Å². The third kappa shape index (κ3) is 3.73. The number of hydrogen-bond acceptors (Lipinski definition) is 8. The zero-order valence-electron chi connectivity index (χ0n) is 11.6. The molecule has 0 spiro atoms. The van der Waals surface area contributed by atoms with Crippen molar-refractivity contribution in [3.8, 4) is 0 Å². The molecule has 8 nitrogen and oxygen atoms in total. The van der Waals surface area contributed by atoms with E-state index in [1.165, 1.54) is 27.8 Å². The fraction of sp³-hybridized carbons (Fsp3) is 0.600. The van der Waals surface area contributed by atoms with E-state index in [2.05, 4.69) is 51.8 Å². The van der Waals surface area contributed by atoms with E-state index < -0.39 is 0 Å². The van der Waals surface area contributed by atoms with Crippen LogP contribution in [0.4, 0.5) is 5.13 Å². The maximum Gasteiger partial charge on any atom is 0.236 e. The third-order valence-electron chi connectivity index (χ3n) is 2.23. The number of thioether (sulfide) groups is 1. The van der Waals surface area contributed by atoms with Gasteiger partial charge in [0.1, 0.15) is 5.01 Å². The van der Waals surface area contributed by atoms with Crippen LogP contribution in [-0.2, 0) is 17.3 Å². The Bertz CT molecular complexity index is 601. The highest BCUT2D eigenvalue weighted by Gasteiger charge is 2.20. The average Bonchev–Trinajstić information content (AvgIpc) is 2.95. The van der Waals surface area contributed by atoms with Crippen LogP contribution in [0.2, 0.25) is 0 Å². The Morgan fingerprint density at radius 2 is 2.10 bits per heavy atom. The van der Waals surface area contributed by atoms with Gasteiger partial charge in [-0.15, -0.1) is 15.3 Å². The van der Waals surface area contributed by atoms with Crippen molar-refractivity contribution in [2.45, 2.75) is 31.3 Å². The number of rotatable bonds is 4. The molecule has 1 N–H and O–H groups in total. The summed E-state index contributed by atoms with van der Waals surface area (Å²) < 4.78 is 1.51. The van der Waals surface area contributed by atoms with E-state index in [4.69, 9.17) is 0 Å². The summed E-state index contributed by atoms with van der Waals surface area (Å²) in [6, 6.07) is 0. The molecule has 20 heavy (non-hydrogen) atoms. The van der Waals surface area contributed by atoms with Crippen molar-refractivity contribution in [2.75, 3.05) is 11.1 Å². The van der Waals surface area contributed by atoms with Crippen molar-refractivity contribution in [3.05, 3.63) is 5.01 Å². The molecule has 0 aliphatic carbocycles. The number of carbonyl (C=O) groups is 1. The largest absolute Gasteiger partial charge is 0.300 e. The molecule has 0 fully saturated rings. The molecule has 0 bridgehead atoms. The molecule has 0 saturated heterocycles. The Morgan fingerprint density at radius 1 is 1.35 bits per heavy atom. The number of hydrogen-bond donors (Lipinski definition) is 1. The number of aromatic nitrogens is 6. The van der Waals surface area contributed by atoms with Gasteiger partial charge < -0.3 is 0 Å². The Hall–Kier alpha value is -1.55. The summed E-state index contributed by atoms with van der Waals surface area (Å²) in [4.78, 5) is 11.8. The van der Waals surface area contributed by atoms with E-state index in [9.17, 15) is 4.79 Å². The molecule has 10 heteroatoms. The Labute approximate surface area is 124 Å². The van der Waals surface area contributed by atoms with Gasteiger partial charge in [-0.05, 0) is 10.4 Å². The number of nitrogens with zero attached hydrogens (tertiary/aromatic N) is 6. The SMILES string of the molecule is Cn1nnnc1SCC(=O)Nc1nnc(C(C)(C)C)s1. The van der Waals surface area contributed by atoms with Crippen LogP contribution in [0.3, 0.4) is 0 Å². The van der Waals surface area contributed by atoms with Gasteiger partial charge in [-0.3, -0.25) is 10.1 Å². The molecule has 2 aromatic heterocycles. The van der Waals surface area contributed by atoms with Crippen LogP contribution in [0.15, 0.2) is 5.16 Å². The molecule has 0 aromatic carbocycles. The summed E-state index contributed by atoms with van der Waals surface area (Å²) in [6.45, 7) is 6.15. The minimum atomic E-state index is -0.158. The Balaban J connectivity index is 1.89. The van der Waals surface area contributed by atoms with Gasteiger partial charge in [0.15, 0.2) is 0 Å². The van der Waals surface area contributed by atoms with Crippen LogP contribution in [-0.4, -0.2) is 42.1 Å². The normalized spacial score (nSPS) is 11.6. The third-order valence-corrected chi connectivity index (χ3v) is 4.50. The smallest absolute Gasteiger partial charge is 0.236 e. The standard InChI is InChI=1S/C10H15N7OS2/c1-10(2,3)7-12-13-8(20-7)11-6(18)5-19-9-14-15-16-17(9)4/h5H2,1-4H3,(H,11,13,18). The lowest BCUT2D eigenvalue weighted by Crippen LogP contribution is -2.14. The van der Waals surface area contributed by atoms with Gasteiger partial charge in [-0.25, -0.2) is 4.68 Å². The first-order valence-corrected chi connectivity index (χ1v) is 7.65. The minimum Gasteiger partial charge on any atom is -0.300 e. The molecule has 0 unspecified atom stereocenters. The Kier molecular flexibility index (Phi) is 4.33. The zero-order valence-corrected chi connectivity index (χ0v) is 13.2. The quantitative estimate of drug-likeness (QED) is 0.843. The fourth-order valence-corrected chi connectivity index (χ4v) is 2.67. The van der Waals surface area contributed by atoms with Gasteiger partial charge in [0.05, 0.1) is 5.75 Å². The molecule has 2 heterocycles. The number of carbonyl (C=O) groups excluding carboxylic acids is 1. The molecule has 2 aromatic rings. The molecule has 0 saturated carbocycles. The number of amides is 1. The second-order valence-corrected chi connectivity index (χ2v) is 7.00. The summed E-state index contributed by atoms with van der Waals surface area (Å²) in [7, 11) is 1.72. The molecule has 0 aliphatic heterocycles. The van der Waals surface area contributed by atoms with Gasteiger partial charge in [-0.1, -0.05) is 43.9 Å². The van der Waals surface area contributed by atoms with E-state index >= 15 is 0 Å². The van der Waals surface area contributed by atoms with Crippen LogP contribution in [0.1, 0.15) is 25.8 Å². The lowest BCUT2D eigenvalue weighted by atomic mass is 9.98. The maximum atomic E-state index is 11.8. The highest BCUT2D eigenvalue weighted by Crippen LogP contribution is 2.27. The maximum absolute atomic E-state index is 11.8. The van der Waals surface area contributed by atoms with Crippen molar-refractivity contribution >= 4 is 34.1 Å². The summed E-state index contributed by atoms with van der Waals surface area (Å²) >= 11 is 2.65. The van der Waals surface area contributed by atoms with E-state index in [1.807, 2.05) is 0 Å². The number of aryl methyl sites for hydroxylation is 1. The van der Waals surface area contributed by atoms with Crippen LogP contribution in [0, 0.1) is 0 Å². The molecular weight excluding hydrogens is 298 g/mol. The van der Waals surface area contributed by atoms with Crippen molar-refractivity contribution in [3.63, 3.8) is 0 Å². The van der Waals surface area contributed by atoms with Crippen molar-refractivity contribution in [1.82, 2.24) is 30.4 Å². The molecular formula is C10H15N7OS2. The van der Waals surface area contributed by atoms with Crippen LogP contribution in [0.25, 0.3) is 0 Å². The lowest BCUT2D eigenvalue weighted by molar-refractivity contribution is -0.113. The first-order valence-electron chi connectivity index (χ1n) is 5.85. The number of nitrogens with one attached hydrogen (secondary N) is 1. The monoisotopic (exact) mass is 313 g/mol. The highest BCUT2D eigenvalue weighted by atomic mass is 32.2. The first kappa shape index (κ1) is 14.9. The van der Waals surface area contributed by atoms with Gasteiger partial charge in [0, 0.05) is 12.5 Å². The summed E-state index contributed by atoms with van der Waals surface area (Å²) in [5, 5.41) is 23.7. The first-order chi connectivity index (χ1) is 9.36. The summed E-state index contributed by atoms with van der Waals surface area (Å²) in [5.74, 6) is 0.0631. The molecule has 108 valence electrons. The highest BCUT2D eigenvalue weighted by molar-refractivity contribution is 7.99. The van der Waals surface area contributed by atoms with E-state index in [0.29, 0.717) is 10.3 Å². The predicted molar refractivity (Wildman–Crippen MR) is 76.8 cm³/mol. The second-order valence-electron chi connectivity index (χ2n) is 5.08. The molecule has 1 amide bonds. The number of tetrazole rings is 1. The lowest BCUT2D eigenvalue weighted by Gasteiger charge is -2.12. The summed E-state index contributed by atoms with van der Waals surface area (Å²) in [5.41, 5.74) is -0.0697. The second kappa shape index (κ2) is 5.83. The van der Waals surface area contributed by atoms with Gasteiger partial charge in [0.2, 0.25) is 16.2 Å². The zero-order chi connectivity index (χ0) is 14.8. The van der Waals surface area contributed by atoms with Crippen LogP contribution in [0.5, 0.6) is 0 Å². The molecule has 0 atom stereocenters. The van der Waals surface area contributed by atoms with Crippen LogP contribution >= 0.6 is 23.1 Å². The average molecular weight is 313 g/mol. The fourth-order valence-electron chi connectivity index (χ4n) is 1.21. The van der Waals surface area contributed by atoms with Crippen molar-refractivity contribution in [2.24, 2.45) is 7.05 Å². The molecule has 0 radical (unpaired) electrons. The van der Waals surface area contributed by atoms with Gasteiger partial charge >= 0.3 is 0 Å². The topological polar surface area (TPSA) is 98.5 Å². The molecule has 0 aliphatic rings. The van der Waals surface area contributed by atoms with Crippen molar-refractivity contribution < 1.29 is 4.79 Å². The van der Waals surface area contributed by atoms with Gasteiger partial charge in [-0.2, -0.15) is 0 Å². The predicted octanol–water partition coefficient (Wildman–Crippen LogP) is 1.09. The summed E-state index contributed by atoms with van der Waals surface area (Å²) in [6.07, 6.45) is 0. The van der Waals surface area contributed by atoms with E-state index in [-0.39, 0.29) is 17.1 Å². The number of anilines is 1. The van der Waals surface area contributed by atoms with E-state index in [1.54, 1.807) is 7.05 Å². The Morgan fingerprint density at radius 3 is 2.65 bits per heavy atom. The van der Waals surface area contributed by atoms with Crippen LogP contribution < -0.4 is 5.32 Å². The minimum absolute atomic E-state index is 0.0697. The van der Waals surface area contributed by atoms with Gasteiger partial charge in [0.25, 0.3) is 0 Å².